The standard InChI is InChI=1S/C14H18BrNO2/c1-2-12(17)9-10-16-14(18)8-7-11-5-3-4-6-13(11)15/h3-8,12,17H,2,9-10H2,1H3,(H,16,18)/b8-7+. The second-order valence-electron chi connectivity index (χ2n) is 4.00. The zero-order valence-corrected chi connectivity index (χ0v) is 12.0. The van der Waals surface area contributed by atoms with Gasteiger partial charge in [-0.25, -0.2) is 0 Å². The first kappa shape index (κ1) is 14.9. The van der Waals surface area contributed by atoms with Crippen LogP contribution in [0.2, 0.25) is 0 Å². The summed E-state index contributed by atoms with van der Waals surface area (Å²) in [5, 5.41) is 12.1. The number of rotatable bonds is 6. The first-order valence-corrected chi connectivity index (χ1v) is 6.81. The Morgan fingerprint density at radius 1 is 1.50 bits per heavy atom. The Bertz CT molecular complexity index is 418. The monoisotopic (exact) mass is 311 g/mol. The van der Waals surface area contributed by atoms with E-state index in [-0.39, 0.29) is 12.0 Å². The molecule has 0 radical (unpaired) electrons. The van der Waals surface area contributed by atoms with Gasteiger partial charge >= 0.3 is 0 Å². The van der Waals surface area contributed by atoms with Crippen molar-refractivity contribution in [3.63, 3.8) is 0 Å². The summed E-state index contributed by atoms with van der Waals surface area (Å²) < 4.78 is 0.954. The maximum atomic E-state index is 11.5. The molecule has 3 nitrogen and oxygen atoms in total. The van der Waals surface area contributed by atoms with E-state index >= 15 is 0 Å². The molecule has 0 spiro atoms. The lowest BCUT2D eigenvalue weighted by Gasteiger charge is -2.07. The number of carbonyl (C=O) groups excluding carboxylic acids is 1. The summed E-state index contributed by atoms with van der Waals surface area (Å²) in [5.74, 6) is -0.144. The largest absolute Gasteiger partial charge is 0.393 e. The number of amides is 1. The van der Waals surface area contributed by atoms with Crippen LogP contribution >= 0.6 is 15.9 Å². The van der Waals surface area contributed by atoms with E-state index < -0.39 is 0 Å². The quantitative estimate of drug-likeness (QED) is 0.794. The number of hydrogen-bond acceptors (Lipinski definition) is 2. The molecule has 2 N–H and O–H groups in total. The summed E-state index contributed by atoms with van der Waals surface area (Å²) in [7, 11) is 0. The first-order chi connectivity index (χ1) is 8.63. The SMILES string of the molecule is CCC(O)CCNC(=O)/C=C/c1ccccc1Br. The van der Waals surface area contributed by atoms with Crippen LogP contribution in [0.5, 0.6) is 0 Å². The Labute approximate surface area is 116 Å². The van der Waals surface area contributed by atoms with E-state index in [2.05, 4.69) is 21.2 Å². The highest BCUT2D eigenvalue weighted by Crippen LogP contribution is 2.16. The van der Waals surface area contributed by atoms with Gasteiger partial charge in [-0.05, 0) is 30.5 Å². The minimum absolute atomic E-state index is 0.144. The summed E-state index contributed by atoms with van der Waals surface area (Å²) in [6.07, 6.45) is 4.22. The lowest BCUT2D eigenvalue weighted by molar-refractivity contribution is -0.116. The molecule has 98 valence electrons. The van der Waals surface area contributed by atoms with Gasteiger partial charge in [-0.2, -0.15) is 0 Å². The number of aliphatic hydroxyl groups excluding tert-OH is 1. The maximum absolute atomic E-state index is 11.5. The van der Waals surface area contributed by atoms with E-state index in [1.165, 1.54) is 6.08 Å². The summed E-state index contributed by atoms with van der Waals surface area (Å²) >= 11 is 3.41. The van der Waals surface area contributed by atoms with E-state index in [1.54, 1.807) is 6.08 Å². The third-order valence-corrected chi connectivity index (χ3v) is 3.29. The molecule has 18 heavy (non-hydrogen) atoms. The average Bonchev–Trinajstić information content (AvgIpc) is 2.37. The number of halogens is 1. The topological polar surface area (TPSA) is 49.3 Å². The van der Waals surface area contributed by atoms with Crippen LogP contribution in [0.15, 0.2) is 34.8 Å². The Hall–Kier alpha value is -1.13. The van der Waals surface area contributed by atoms with Gasteiger partial charge in [-0.1, -0.05) is 41.1 Å². The molecule has 0 saturated carbocycles. The smallest absolute Gasteiger partial charge is 0.244 e. The highest BCUT2D eigenvalue weighted by molar-refractivity contribution is 9.10. The highest BCUT2D eigenvalue weighted by Gasteiger charge is 2.01. The Balaban J connectivity index is 2.38. The molecule has 0 heterocycles. The predicted octanol–water partition coefficient (Wildman–Crippen LogP) is 2.74. The van der Waals surface area contributed by atoms with Gasteiger partial charge in [0.25, 0.3) is 0 Å². The van der Waals surface area contributed by atoms with Gasteiger partial charge in [0.15, 0.2) is 0 Å². The predicted molar refractivity (Wildman–Crippen MR) is 77.1 cm³/mol. The third kappa shape index (κ3) is 5.47. The van der Waals surface area contributed by atoms with Crippen LogP contribution in [0.1, 0.15) is 25.3 Å². The van der Waals surface area contributed by atoms with Crippen molar-refractivity contribution in [1.29, 1.82) is 0 Å². The number of nitrogens with one attached hydrogen (secondary N) is 1. The van der Waals surface area contributed by atoms with Crippen molar-refractivity contribution in [1.82, 2.24) is 5.32 Å². The van der Waals surface area contributed by atoms with Crippen LogP contribution in [-0.4, -0.2) is 23.7 Å². The number of carbonyl (C=O) groups is 1. The van der Waals surface area contributed by atoms with Gasteiger partial charge in [0.2, 0.25) is 5.91 Å². The Kier molecular flexibility index (Phi) is 6.68. The molecule has 1 aromatic carbocycles. The van der Waals surface area contributed by atoms with Crippen molar-refractivity contribution < 1.29 is 9.90 Å². The number of aliphatic hydroxyl groups is 1. The molecular weight excluding hydrogens is 294 g/mol. The lowest BCUT2D eigenvalue weighted by atomic mass is 10.2. The molecule has 0 aliphatic carbocycles. The lowest BCUT2D eigenvalue weighted by Crippen LogP contribution is -2.25. The van der Waals surface area contributed by atoms with Crippen molar-refractivity contribution in [2.45, 2.75) is 25.9 Å². The molecule has 0 bridgehead atoms. The van der Waals surface area contributed by atoms with Gasteiger partial charge in [-0.3, -0.25) is 4.79 Å². The van der Waals surface area contributed by atoms with Crippen LogP contribution in [0.4, 0.5) is 0 Å². The van der Waals surface area contributed by atoms with Crippen molar-refractivity contribution >= 4 is 27.9 Å². The molecule has 1 rings (SSSR count). The van der Waals surface area contributed by atoms with E-state index in [1.807, 2.05) is 31.2 Å². The van der Waals surface area contributed by atoms with Crippen molar-refractivity contribution in [2.75, 3.05) is 6.54 Å². The van der Waals surface area contributed by atoms with Gasteiger partial charge < -0.3 is 10.4 Å². The van der Waals surface area contributed by atoms with Gasteiger partial charge in [0.05, 0.1) is 6.10 Å². The van der Waals surface area contributed by atoms with Crippen molar-refractivity contribution in [3.8, 4) is 0 Å². The van der Waals surface area contributed by atoms with Gasteiger partial charge in [0.1, 0.15) is 0 Å². The molecule has 1 unspecified atom stereocenters. The molecule has 0 aliphatic heterocycles. The van der Waals surface area contributed by atoms with Crippen LogP contribution in [0, 0.1) is 0 Å². The highest BCUT2D eigenvalue weighted by atomic mass is 79.9. The molecule has 1 amide bonds. The van der Waals surface area contributed by atoms with Crippen LogP contribution < -0.4 is 5.32 Å². The molecular formula is C14H18BrNO2. The zero-order valence-electron chi connectivity index (χ0n) is 10.4. The molecule has 1 aromatic rings. The van der Waals surface area contributed by atoms with Crippen LogP contribution in [0.25, 0.3) is 6.08 Å². The average molecular weight is 312 g/mol. The summed E-state index contributed by atoms with van der Waals surface area (Å²) in [4.78, 5) is 11.5. The fourth-order valence-corrected chi connectivity index (χ4v) is 1.82. The molecule has 0 saturated heterocycles. The van der Waals surface area contributed by atoms with E-state index in [9.17, 15) is 9.90 Å². The van der Waals surface area contributed by atoms with Crippen molar-refractivity contribution in [2.24, 2.45) is 0 Å². The molecule has 0 aliphatic rings. The third-order valence-electron chi connectivity index (χ3n) is 2.57. The normalized spacial score (nSPS) is 12.6. The Morgan fingerprint density at radius 3 is 2.89 bits per heavy atom. The molecule has 0 fully saturated rings. The van der Waals surface area contributed by atoms with E-state index in [0.29, 0.717) is 19.4 Å². The molecule has 0 aromatic heterocycles. The number of hydrogen-bond donors (Lipinski definition) is 2. The van der Waals surface area contributed by atoms with Crippen LogP contribution in [-0.2, 0) is 4.79 Å². The fourth-order valence-electron chi connectivity index (χ4n) is 1.40. The van der Waals surface area contributed by atoms with Crippen LogP contribution in [0.3, 0.4) is 0 Å². The molecule has 4 heteroatoms. The maximum Gasteiger partial charge on any atom is 0.244 e. The summed E-state index contributed by atoms with van der Waals surface area (Å²) in [6, 6.07) is 7.69. The molecule has 1 atom stereocenters. The van der Waals surface area contributed by atoms with Gasteiger partial charge in [0, 0.05) is 17.1 Å². The Morgan fingerprint density at radius 2 is 2.22 bits per heavy atom. The van der Waals surface area contributed by atoms with E-state index in [4.69, 9.17) is 0 Å². The van der Waals surface area contributed by atoms with E-state index in [0.717, 1.165) is 10.0 Å². The summed E-state index contributed by atoms with van der Waals surface area (Å²) in [5.41, 5.74) is 0.959. The fraction of sp³-hybridized carbons (Fsp3) is 0.357. The first-order valence-electron chi connectivity index (χ1n) is 6.02. The summed E-state index contributed by atoms with van der Waals surface area (Å²) in [6.45, 7) is 2.41. The minimum atomic E-state index is -0.336. The number of benzene rings is 1. The van der Waals surface area contributed by atoms with Crippen molar-refractivity contribution in [3.05, 3.63) is 40.4 Å². The zero-order chi connectivity index (χ0) is 13.4. The van der Waals surface area contributed by atoms with Gasteiger partial charge in [-0.15, -0.1) is 0 Å². The second-order valence-corrected chi connectivity index (χ2v) is 4.85. The minimum Gasteiger partial charge on any atom is -0.393 e. The second kappa shape index (κ2) is 8.06.